The molecular weight excluding hydrogens is 345 g/mol. The van der Waals surface area contributed by atoms with Crippen LogP contribution < -0.4 is 0 Å². The van der Waals surface area contributed by atoms with E-state index in [1.54, 1.807) is 0 Å². The maximum absolute atomic E-state index is 10.3. The molecule has 0 saturated heterocycles. The molecular formula is C12H20IN3O2. The van der Waals surface area contributed by atoms with E-state index in [1.807, 2.05) is 10.9 Å². The topological polar surface area (TPSA) is 68.0 Å². The van der Waals surface area contributed by atoms with Crippen LogP contribution in [0.3, 0.4) is 0 Å². The summed E-state index contributed by atoms with van der Waals surface area (Å²) in [5.41, 5.74) is 0. The zero-order chi connectivity index (χ0) is 13.2. The second-order valence-corrected chi connectivity index (χ2v) is 5.53. The van der Waals surface area contributed by atoms with Gasteiger partial charge >= 0.3 is 5.97 Å². The molecule has 1 N–H and O–H groups in total. The average molecular weight is 365 g/mol. The van der Waals surface area contributed by atoms with E-state index in [1.165, 1.54) is 19.3 Å². The van der Waals surface area contributed by atoms with Gasteiger partial charge in [0.25, 0.3) is 0 Å². The monoisotopic (exact) mass is 365 g/mol. The summed E-state index contributed by atoms with van der Waals surface area (Å²) in [5, 5.41) is 16.4. The van der Waals surface area contributed by atoms with E-state index in [0.717, 1.165) is 35.9 Å². The Bertz CT molecular complexity index is 355. The number of nitrogens with zero attached hydrogens (tertiary/aromatic N) is 3. The summed E-state index contributed by atoms with van der Waals surface area (Å²) in [4.78, 5) is 10.3. The van der Waals surface area contributed by atoms with Gasteiger partial charge in [0, 0.05) is 13.0 Å². The van der Waals surface area contributed by atoms with Crippen LogP contribution in [0.5, 0.6) is 0 Å². The van der Waals surface area contributed by atoms with Crippen molar-refractivity contribution in [2.75, 3.05) is 0 Å². The van der Waals surface area contributed by atoms with E-state index in [9.17, 15) is 4.79 Å². The Morgan fingerprint density at radius 3 is 2.33 bits per heavy atom. The predicted octanol–water partition coefficient (Wildman–Crippen LogP) is 3.09. The fraction of sp³-hybridized carbons (Fsp3) is 0.750. The highest BCUT2D eigenvalue weighted by atomic mass is 127. The van der Waals surface area contributed by atoms with Gasteiger partial charge in [0.15, 0.2) is 0 Å². The zero-order valence-corrected chi connectivity index (χ0v) is 12.7. The van der Waals surface area contributed by atoms with Gasteiger partial charge < -0.3 is 5.11 Å². The van der Waals surface area contributed by atoms with Crippen LogP contribution in [-0.2, 0) is 11.3 Å². The van der Waals surface area contributed by atoms with E-state index < -0.39 is 5.97 Å². The second kappa shape index (κ2) is 9.29. The van der Waals surface area contributed by atoms with Crippen molar-refractivity contribution in [3.8, 4) is 0 Å². The van der Waals surface area contributed by atoms with Crippen LogP contribution in [0.1, 0.15) is 51.4 Å². The normalized spacial score (nSPS) is 10.7. The largest absolute Gasteiger partial charge is 0.481 e. The fourth-order valence-electron chi connectivity index (χ4n) is 1.82. The van der Waals surface area contributed by atoms with Gasteiger partial charge in [-0.2, -0.15) is 0 Å². The summed E-state index contributed by atoms with van der Waals surface area (Å²) < 4.78 is 2.82. The standard InChI is InChI=1S/C12H20IN3O2/c13-11-10-16(15-14-11)9-7-5-3-1-2-4-6-8-12(17)18/h10H,1-9H2,(H,17,18). The third-order valence-electron chi connectivity index (χ3n) is 2.79. The summed E-state index contributed by atoms with van der Waals surface area (Å²) in [5.74, 6) is -0.683. The van der Waals surface area contributed by atoms with Crippen LogP contribution in [0.15, 0.2) is 6.20 Å². The van der Waals surface area contributed by atoms with Crippen molar-refractivity contribution in [3.63, 3.8) is 0 Å². The number of aliphatic carboxylic acids is 1. The minimum absolute atomic E-state index is 0.310. The molecule has 0 atom stereocenters. The lowest BCUT2D eigenvalue weighted by molar-refractivity contribution is -0.137. The van der Waals surface area contributed by atoms with Gasteiger partial charge in [-0.05, 0) is 35.4 Å². The zero-order valence-electron chi connectivity index (χ0n) is 10.5. The first-order valence-corrected chi connectivity index (χ1v) is 7.54. The van der Waals surface area contributed by atoms with Crippen molar-refractivity contribution in [2.24, 2.45) is 0 Å². The molecule has 0 aromatic carbocycles. The van der Waals surface area contributed by atoms with Crippen molar-refractivity contribution in [2.45, 2.75) is 57.9 Å². The number of carbonyl (C=O) groups is 1. The van der Waals surface area contributed by atoms with Gasteiger partial charge in [-0.3, -0.25) is 9.48 Å². The van der Waals surface area contributed by atoms with Crippen LogP contribution in [0.2, 0.25) is 0 Å². The van der Waals surface area contributed by atoms with Crippen LogP contribution in [0.25, 0.3) is 0 Å². The Morgan fingerprint density at radius 2 is 1.78 bits per heavy atom. The molecule has 1 heterocycles. The van der Waals surface area contributed by atoms with Crippen molar-refractivity contribution in [1.29, 1.82) is 0 Å². The van der Waals surface area contributed by atoms with Gasteiger partial charge in [0.1, 0.15) is 3.70 Å². The maximum atomic E-state index is 10.3. The van der Waals surface area contributed by atoms with Crippen LogP contribution in [0.4, 0.5) is 0 Å². The number of hydrogen-bond donors (Lipinski definition) is 1. The van der Waals surface area contributed by atoms with Gasteiger partial charge in [-0.15, -0.1) is 5.10 Å². The van der Waals surface area contributed by atoms with Gasteiger partial charge in [-0.1, -0.05) is 37.3 Å². The van der Waals surface area contributed by atoms with Crippen molar-refractivity contribution in [3.05, 3.63) is 9.90 Å². The number of carboxylic acids is 1. The number of rotatable bonds is 10. The van der Waals surface area contributed by atoms with E-state index in [2.05, 4.69) is 32.9 Å². The van der Waals surface area contributed by atoms with Gasteiger partial charge in [0.2, 0.25) is 0 Å². The number of halogens is 1. The molecule has 102 valence electrons. The number of aryl methyl sites for hydroxylation is 1. The quantitative estimate of drug-likeness (QED) is 0.511. The van der Waals surface area contributed by atoms with Crippen LogP contribution >= 0.6 is 22.6 Å². The molecule has 0 aliphatic heterocycles. The first-order valence-electron chi connectivity index (χ1n) is 6.46. The Morgan fingerprint density at radius 1 is 1.17 bits per heavy atom. The first-order chi connectivity index (χ1) is 8.68. The summed E-state index contributed by atoms with van der Waals surface area (Å²) in [7, 11) is 0. The number of hydrogen-bond acceptors (Lipinski definition) is 3. The highest BCUT2D eigenvalue weighted by Gasteiger charge is 1.98. The molecule has 0 aliphatic rings. The maximum Gasteiger partial charge on any atom is 0.303 e. The Hall–Kier alpha value is -0.660. The molecule has 1 rings (SSSR count). The average Bonchev–Trinajstić information content (AvgIpc) is 2.72. The summed E-state index contributed by atoms with van der Waals surface area (Å²) in [6, 6.07) is 0. The highest BCUT2D eigenvalue weighted by molar-refractivity contribution is 14.1. The third kappa shape index (κ3) is 7.62. The molecule has 0 amide bonds. The molecule has 1 aromatic rings. The van der Waals surface area contributed by atoms with Crippen molar-refractivity contribution >= 4 is 28.6 Å². The van der Waals surface area contributed by atoms with Crippen LogP contribution in [-0.4, -0.2) is 26.1 Å². The molecule has 0 fully saturated rings. The number of carboxylic acid groups (broad SMARTS) is 1. The van der Waals surface area contributed by atoms with Crippen molar-refractivity contribution < 1.29 is 9.90 Å². The molecule has 18 heavy (non-hydrogen) atoms. The molecule has 5 nitrogen and oxygen atoms in total. The molecule has 0 aliphatic carbocycles. The highest BCUT2D eigenvalue weighted by Crippen LogP contribution is 2.09. The molecule has 0 radical (unpaired) electrons. The minimum atomic E-state index is -0.683. The summed E-state index contributed by atoms with van der Waals surface area (Å²) in [6.07, 6.45) is 10.0. The van der Waals surface area contributed by atoms with Crippen LogP contribution in [0, 0.1) is 3.70 Å². The molecule has 1 aromatic heterocycles. The third-order valence-corrected chi connectivity index (χ3v) is 3.28. The Balaban J connectivity index is 1.85. The van der Waals surface area contributed by atoms with E-state index in [-0.39, 0.29) is 0 Å². The number of aromatic nitrogens is 3. The first kappa shape index (κ1) is 15.4. The van der Waals surface area contributed by atoms with E-state index in [4.69, 9.17) is 5.11 Å². The SMILES string of the molecule is O=C(O)CCCCCCCCCn1cc(I)nn1. The Kier molecular flexibility index (Phi) is 7.95. The lowest BCUT2D eigenvalue weighted by Crippen LogP contribution is -1.98. The lowest BCUT2D eigenvalue weighted by Gasteiger charge is -2.01. The smallest absolute Gasteiger partial charge is 0.303 e. The lowest BCUT2D eigenvalue weighted by atomic mass is 10.1. The Labute approximate surface area is 121 Å². The summed E-state index contributed by atoms with van der Waals surface area (Å²) in [6.45, 7) is 0.939. The fourth-order valence-corrected chi connectivity index (χ4v) is 2.24. The van der Waals surface area contributed by atoms with E-state index in [0.29, 0.717) is 6.42 Å². The molecule has 6 heteroatoms. The second-order valence-electron chi connectivity index (χ2n) is 4.42. The molecule has 0 bridgehead atoms. The minimum Gasteiger partial charge on any atom is -0.481 e. The number of unbranched alkanes of at least 4 members (excludes halogenated alkanes) is 6. The van der Waals surface area contributed by atoms with Gasteiger partial charge in [-0.25, -0.2) is 0 Å². The molecule has 0 saturated carbocycles. The van der Waals surface area contributed by atoms with Crippen molar-refractivity contribution in [1.82, 2.24) is 15.0 Å². The van der Waals surface area contributed by atoms with E-state index >= 15 is 0 Å². The molecule has 0 unspecified atom stereocenters. The molecule has 0 spiro atoms. The predicted molar refractivity (Wildman–Crippen MR) is 77.3 cm³/mol. The summed E-state index contributed by atoms with van der Waals surface area (Å²) >= 11 is 2.16. The van der Waals surface area contributed by atoms with Gasteiger partial charge in [0.05, 0.1) is 6.20 Å².